The highest BCUT2D eigenvalue weighted by Gasteiger charge is 2.31. The SMILES string of the molecule is CC(C)(C)c1ccc(-c2ccccc2)cn1.CC(C)(C)c1ccc(C(F)(F)F)cn1.CC(C)(C)c1cccnc1Oc1ccc(F)cc1.CC(C)(C)c1cccnc1Oc1ccc(F)cc1F.CC(C)(C)c1cccnc1Oc1ccccc1F.Cc1cccc(C(C)(C)C)n1. The maximum absolute atomic E-state index is 13.6. The molecule has 10 aromatic rings. The Morgan fingerprint density at radius 3 is 1.16 bits per heavy atom. The van der Waals surface area contributed by atoms with Crippen molar-refractivity contribution in [2.45, 2.75) is 170 Å². The first-order valence-electron chi connectivity index (χ1n) is 31.5. The quantitative estimate of drug-likeness (QED) is 0.144. The molecule has 0 radical (unpaired) electrons. The average Bonchev–Trinajstić information content (AvgIpc) is 0.876. The minimum absolute atomic E-state index is 0.0365. The molecule has 0 N–H and O–H groups in total. The normalized spacial score (nSPS) is 11.6. The largest absolute Gasteiger partial charge is 0.439 e. The van der Waals surface area contributed by atoms with Crippen molar-refractivity contribution in [1.82, 2.24) is 29.9 Å². The van der Waals surface area contributed by atoms with E-state index in [0.29, 0.717) is 29.1 Å². The van der Waals surface area contributed by atoms with Crippen molar-refractivity contribution in [3.63, 3.8) is 0 Å². The molecule has 96 heavy (non-hydrogen) atoms. The second kappa shape index (κ2) is 33.4. The number of pyridine rings is 6. The number of ether oxygens (including phenoxy) is 3. The molecule has 6 aromatic heterocycles. The van der Waals surface area contributed by atoms with Gasteiger partial charge in [0.05, 0.1) is 5.56 Å². The summed E-state index contributed by atoms with van der Waals surface area (Å²) in [4.78, 5) is 25.3. The molecule has 0 bridgehead atoms. The molecular formula is C80H91F7N6O3. The Kier molecular flexibility index (Phi) is 26.9. The van der Waals surface area contributed by atoms with Crippen LogP contribution in [0.3, 0.4) is 0 Å². The van der Waals surface area contributed by atoms with Gasteiger partial charge < -0.3 is 14.2 Å². The first kappa shape index (κ1) is 77.4. The number of aromatic nitrogens is 6. The van der Waals surface area contributed by atoms with Gasteiger partial charge in [0.25, 0.3) is 0 Å². The highest BCUT2D eigenvalue weighted by atomic mass is 19.4. The van der Waals surface area contributed by atoms with E-state index >= 15 is 0 Å². The fourth-order valence-electron chi connectivity index (χ4n) is 8.64. The van der Waals surface area contributed by atoms with Crippen LogP contribution < -0.4 is 14.2 Å². The van der Waals surface area contributed by atoms with Gasteiger partial charge in [0, 0.05) is 98.3 Å². The van der Waals surface area contributed by atoms with Crippen molar-refractivity contribution in [3.05, 3.63) is 275 Å². The van der Waals surface area contributed by atoms with Crippen LogP contribution in [0.2, 0.25) is 0 Å². The zero-order valence-electron chi connectivity index (χ0n) is 58.7. The van der Waals surface area contributed by atoms with Crippen LogP contribution >= 0.6 is 0 Å². The Morgan fingerprint density at radius 1 is 0.323 bits per heavy atom. The molecule has 0 spiro atoms. The van der Waals surface area contributed by atoms with Gasteiger partial charge >= 0.3 is 6.18 Å². The van der Waals surface area contributed by atoms with E-state index in [0.717, 1.165) is 58.2 Å². The Morgan fingerprint density at radius 2 is 0.760 bits per heavy atom. The molecule has 4 aromatic carbocycles. The smallest absolute Gasteiger partial charge is 0.417 e. The van der Waals surface area contributed by atoms with E-state index in [1.807, 2.05) is 109 Å². The zero-order valence-corrected chi connectivity index (χ0v) is 58.7. The van der Waals surface area contributed by atoms with E-state index < -0.39 is 23.4 Å². The minimum Gasteiger partial charge on any atom is -0.439 e. The first-order chi connectivity index (χ1) is 44.6. The molecule has 10 rings (SSSR count). The highest BCUT2D eigenvalue weighted by Crippen LogP contribution is 2.37. The van der Waals surface area contributed by atoms with Crippen LogP contribution in [0.25, 0.3) is 11.1 Å². The predicted molar refractivity (Wildman–Crippen MR) is 372 cm³/mol. The molecule has 0 saturated carbocycles. The van der Waals surface area contributed by atoms with Crippen LogP contribution in [0.5, 0.6) is 34.9 Å². The molecule has 0 unspecified atom stereocenters. The molecule has 6 heterocycles. The summed E-state index contributed by atoms with van der Waals surface area (Å²) >= 11 is 0. The summed E-state index contributed by atoms with van der Waals surface area (Å²) in [5.41, 5.74) is 8.31. The molecule has 0 aliphatic heterocycles. The molecule has 16 heteroatoms. The lowest BCUT2D eigenvalue weighted by atomic mass is 9.88. The summed E-state index contributed by atoms with van der Waals surface area (Å²) in [7, 11) is 0. The first-order valence-corrected chi connectivity index (χ1v) is 31.5. The number of rotatable bonds is 7. The lowest BCUT2D eigenvalue weighted by Gasteiger charge is -2.21. The number of alkyl halides is 3. The third-order valence-electron chi connectivity index (χ3n) is 14.1. The molecule has 0 atom stereocenters. The molecule has 9 nitrogen and oxygen atoms in total. The topological polar surface area (TPSA) is 105 Å². The lowest BCUT2D eigenvalue weighted by Crippen LogP contribution is -2.14. The van der Waals surface area contributed by atoms with E-state index in [1.165, 1.54) is 41.5 Å². The van der Waals surface area contributed by atoms with E-state index in [-0.39, 0.29) is 55.6 Å². The zero-order chi connectivity index (χ0) is 71.5. The summed E-state index contributed by atoms with van der Waals surface area (Å²) in [6.45, 7) is 39.3. The van der Waals surface area contributed by atoms with Crippen molar-refractivity contribution < 1.29 is 44.9 Å². The molecule has 0 saturated heterocycles. The van der Waals surface area contributed by atoms with Crippen LogP contribution in [0.4, 0.5) is 30.7 Å². The second-order valence-electron chi connectivity index (χ2n) is 28.7. The monoisotopic (exact) mass is 1320 g/mol. The van der Waals surface area contributed by atoms with Crippen LogP contribution in [-0.2, 0) is 38.7 Å². The maximum atomic E-state index is 13.6. The Labute approximate surface area is 563 Å². The van der Waals surface area contributed by atoms with Gasteiger partial charge in [0.1, 0.15) is 17.4 Å². The molecular weight excluding hydrogens is 1230 g/mol. The number of hydrogen-bond acceptors (Lipinski definition) is 9. The third-order valence-corrected chi connectivity index (χ3v) is 14.1. The summed E-state index contributed by atoms with van der Waals surface area (Å²) in [6.07, 6.45) is 3.44. The van der Waals surface area contributed by atoms with Crippen molar-refractivity contribution in [3.8, 4) is 46.0 Å². The Hall–Kier alpha value is -9.31. The summed E-state index contributed by atoms with van der Waals surface area (Å²) in [5, 5.41) is 0. The third kappa shape index (κ3) is 25.1. The number of benzene rings is 4. The minimum atomic E-state index is -4.30. The predicted octanol–water partition coefficient (Wildman–Crippen LogP) is 23.2. The summed E-state index contributed by atoms with van der Waals surface area (Å²) < 4.78 is 106. The van der Waals surface area contributed by atoms with Gasteiger partial charge in [0.15, 0.2) is 23.1 Å². The van der Waals surface area contributed by atoms with Gasteiger partial charge in [-0.3, -0.25) is 15.0 Å². The van der Waals surface area contributed by atoms with Crippen LogP contribution in [0, 0.1) is 30.2 Å². The molecule has 0 aliphatic rings. The van der Waals surface area contributed by atoms with Crippen LogP contribution in [0.15, 0.2) is 207 Å². The van der Waals surface area contributed by atoms with Crippen molar-refractivity contribution >= 4 is 0 Å². The fraction of sp³-hybridized carbons (Fsp3) is 0.325. The van der Waals surface area contributed by atoms with Crippen LogP contribution in [-0.4, -0.2) is 29.9 Å². The van der Waals surface area contributed by atoms with E-state index in [4.69, 9.17) is 14.2 Å². The van der Waals surface area contributed by atoms with E-state index in [1.54, 1.807) is 55.0 Å². The Balaban J connectivity index is 0.000000210. The van der Waals surface area contributed by atoms with Crippen LogP contribution in [0.1, 0.15) is 170 Å². The summed E-state index contributed by atoms with van der Waals surface area (Å²) in [6, 6.07) is 50.0. The number of nitrogens with zero attached hydrogens (tertiary/aromatic N) is 6. The number of halogens is 7. The van der Waals surface area contributed by atoms with Gasteiger partial charge in [-0.1, -0.05) is 197 Å². The van der Waals surface area contributed by atoms with Gasteiger partial charge in [-0.15, -0.1) is 0 Å². The molecule has 508 valence electrons. The Bertz CT molecular complexity index is 3980. The molecule has 0 amide bonds. The van der Waals surface area contributed by atoms with E-state index in [9.17, 15) is 30.7 Å². The molecule has 0 aliphatic carbocycles. The number of para-hydroxylation sites is 1. The average molecular weight is 1320 g/mol. The maximum Gasteiger partial charge on any atom is 0.417 e. The van der Waals surface area contributed by atoms with E-state index in [2.05, 4.69) is 149 Å². The van der Waals surface area contributed by atoms with Gasteiger partial charge in [-0.25, -0.2) is 32.5 Å². The highest BCUT2D eigenvalue weighted by molar-refractivity contribution is 5.62. The lowest BCUT2D eigenvalue weighted by molar-refractivity contribution is -0.137. The number of hydrogen-bond donors (Lipinski definition) is 0. The summed E-state index contributed by atoms with van der Waals surface area (Å²) in [5.74, 6) is 0.0509. The van der Waals surface area contributed by atoms with Crippen molar-refractivity contribution in [2.24, 2.45) is 0 Å². The van der Waals surface area contributed by atoms with Gasteiger partial charge in [-0.2, -0.15) is 13.2 Å². The molecule has 0 fully saturated rings. The second-order valence-corrected chi connectivity index (χ2v) is 28.7. The fourth-order valence-corrected chi connectivity index (χ4v) is 8.64. The number of aryl methyl sites for hydroxylation is 1. The van der Waals surface area contributed by atoms with Crippen molar-refractivity contribution in [2.75, 3.05) is 0 Å². The van der Waals surface area contributed by atoms with Gasteiger partial charge in [-0.05, 0) is 126 Å². The van der Waals surface area contributed by atoms with Crippen molar-refractivity contribution in [1.29, 1.82) is 0 Å². The standard InChI is InChI=1S/C15H15F2NO.2C15H16FNO.C15H17N.C10H12F3N.C10H15N/c1-15(2,3)11-5-4-8-18-14(11)19-13-7-6-10(16)9-12(13)17;1-15(2,3)13-5-4-10-17-14(13)18-12-8-6-11(16)7-9-12;1-15(2,3)11-7-6-10-17-14(11)18-13-9-5-4-8-12(13)16;1-15(2,3)14-10-9-13(11-16-14)12-7-5-4-6-8-12;1-9(2,3)8-5-4-7(6-14-8)10(11,12)13;1-8-6-5-7-9(11-8)10(2,3)4/h4-9H,1-3H3;2*4-10H,1-3H3;4-11H,1-3H3;4-6H,1-3H3;5-7H,1-4H3. The van der Waals surface area contributed by atoms with Gasteiger partial charge in [0.2, 0.25) is 17.6 Å².